The van der Waals surface area contributed by atoms with Crippen LogP contribution in [0.5, 0.6) is 0 Å². The van der Waals surface area contributed by atoms with Crippen LogP contribution in [0.4, 0.5) is 0 Å². The predicted molar refractivity (Wildman–Crippen MR) is 59.7 cm³/mol. The third-order valence-corrected chi connectivity index (χ3v) is 3.15. The first-order chi connectivity index (χ1) is 8.56. The number of carboxylic acids is 1. The summed E-state index contributed by atoms with van der Waals surface area (Å²) in [6.07, 6.45) is 0.316. The van der Waals surface area contributed by atoms with Gasteiger partial charge in [0.05, 0.1) is 19.1 Å². The highest BCUT2D eigenvalue weighted by molar-refractivity contribution is 5.90. The molecule has 0 spiro atoms. The van der Waals surface area contributed by atoms with E-state index in [-0.39, 0.29) is 24.8 Å². The predicted octanol–water partition coefficient (Wildman–Crippen LogP) is -1.03. The number of carbonyl (C=O) groups is 3. The lowest BCUT2D eigenvalue weighted by atomic mass is 10.1. The molecule has 0 aromatic rings. The molecule has 2 saturated heterocycles. The van der Waals surface area contributed by atoms with E-state index in [4.69, 9.17) is 9.84 Å². The van der Waals surface area contributed by atoms with Crippen molar-refractivity contribution < 1.29 is 24.2 Å². The summed E-state index contributed by atoms with van der Waals surface area (Å²) in [6.45, 7) is 1.06. The van der Waals surface area contributed by atoms with Crippen molar-refractivity contribution in [2.24, 2.45) is 0 Å². The Balaban J connectivity index is 1.90. The van der Waals surface area contributed by atoms with Crippen molar-refractivity contribution in [3.05, 3.63) is 0 Å². The van der Waals surface area contributed by atoms with Crippen LogP contribution in [0.2, 0.25) is 0 Å². The van der Waals surface area contributed by atoms with Gasteiger partial charge in [0.2, 0.25) is 11.8 Å². The van der Waals surface area contributed by atoms with Crippen LogP contribution in [0.25, 0.3) is 0 Å². The molecular formula is C11H16N2O5. The molecule has 18 heavy (non-hydrogen) atoms. The second-order valence-electron chi connectivity index (χ2n) is 4.53. The molecule has 100 valence electrons. The standard InChI is InChI=1S/C11H16N2O5/c14-9-2-1-8(12-9)11(17)13-3-4-18-7(6-13)5-10(15)16/h7-8H,1-6H2,(H,12,14)(H,15,16). The number of carboxylic acid groups (broad SMARTS) is 1. The lowest BCUT2D eigenvalue weighted by Gasteiger charge is -2.33. The Labute approximate surface area is 104 Å². The van der Waals surface area contributed by atoms with Gasteiger partial charge in [0.1, 0.15) is 6.04 Å². The number of aliphatic carboxylic acids is 1. The molecule has 0 aromatic heterocycles. The zero-order valence-corrected chi connectivity index (χ0v) is 9.92. The number of amides is 2. The first-order valence-electron chi connectivity index (χ1n) is 5.98. The Hall–Kier alpha value is -1.63. The molecule has 0 radical (unpaired) electrons. The van der Waals surface area contributed by atoms with Crippen LogP contribution < -0.4 is 5.32 Å². The second-order valence-corrected chi connectivity index (χ2v) is 4.53. The van der Waals surface area contributed by atoms with Crippen molar-refractivity contribution in [1.82, 2.24) is 10.2 Å². The number of hydrogen-bond donors (Lipinski definition) is 2. The maximum absolute atomic E-state index is 12.1. The summed E-state index contributed by atoms with van der Waals surface area (Å²) in [6, 6.07) is -0.457. The summed E-state index contributed by atoms with van der Waals surface area (Å²) >= 11 is 0. The SMILES string of the molecule is O=C(O)CC1CN(C(=O)C2CCC(=O)N2)CCO1. The summed E-state index contributed by atoms with van der Waals surface area (Å²) in [5, 5.41) is 11.3. The van der Waals surface area contributed by atoms with Crippen molar-refractivity contribution in [2.75, 3.05) is 19.7 Å². The van der Waals surface area contributed by atoms with Crippen LogP contribution in [0.1, 0.15) is 19.3 Å². The molecule has 2 rings (SSSR count). The van der Waals surface area contributed by atoms with Gasteiger partial charge in [-0.2, -0.15) is 0 Å². The lowest BCUT2D eigenvalue weighted by molar-refractivity contribution is -0.148. The fourth-order valence-electron chi connectivity index (χ4n) is 2.26. The molecule has 2 fully saturated rings. The highest BCUT2D eigenvalue weighted by atomic mass is 16.5. The molecule has 0 aliphatic carbocycles. The van der Waals surface area contributed by atoms with Gasteiger partial charge in [-0.05, 0) is 6.42 Å². The average molecular weight is 256 g/mol. The van der Waals surface area contributed by atoms with E-state index in [2.05, 4.69) is 5.32 Å². The van der Waals surface area contributed by atoms with Gasteiger partial charge in [-0.25, -0.2) is 0 Å². The first-order valence-corrected chi connectivity index (χ1v) is 5.98. The largest absolute Gasteiger partial charge is 0.481 e. The van der Waals surface area contributed by atoms with Gasteiger partial charge in [0.15, 0.2) is 0 Å². The average Bonchev–Trinajstić information content (AvgIpc) is 2.74. The normalized spacial score (nSPS) is 28.0. The van der Waals surface area contributed by atoms with E-state index in [1.54, 1.807) is 4.90 Å². The zero-order valence-electron chi connectivity index (χ0n) is 9.92. The van der Waals surface area contributed by atoms with Crippen molar-refractivity contribution in [1.29, 1.82) is 0 Å². The monoisotopic (exact) mass is 256 g/mol. The van der Waals surface area contributed by atoms with Crippen molar-refractivity contribution in [2.45, 2.75) is 31.4 Å². The fourth-order valence-corrected chi connectivity index (χ4v) is 2.26. The molecular weight excluding hydrogens is 240 g/mol. The van der Waals surface area contributed by atoms with E-state index in [1.807, 2.05) is 0 Å². The zero-order chi connectivity index (χ0) is 13.1. The van der Waals surface area contributed by atoms with Gasteiger partial charge in [-0.3, -0.25) is 14.4 Å². The van der Waals surface area contributed by atoms with Gasteiger partial charge in [0, 0.05) is 19.5 Å². The first kappa shape index (κ1) is 12.8. The summed E-state index contributed by atoms with van der Waals surface area (Å²) in [5.41, 5.74) is 0. The van der Waals surface area contributed by atoms with Crippen LogP contribution in [0, 0.1) is 0 Å². The molecule has 2 aliphatic rings. The molecule has 0 bridgehead atoms. The summed E-state index contributed by atoms with van der Waals surface area (Å²) in [5.74, 6) is -1.19. The molecule has 7 heteroatoms. The van der Waals surface area contributed by atoms with Crippen LogP contribution in [0.15, 0.2) is 0 Å². The maximum atomic E-state index is 12.1. The quantitative estimate of drug-likeness (QED) is 0.673. The van der Waals surface area contributed by atoms with Gasteiger partial charge in [0.25, 0.3) is 0 Å². The third-order valence-electron chi connectivity index (χ3n) is 3.15. The van der Waals surface area contributed by atoms with Crippen LogP contribution in [0.3, 0.4) is 0 Å². The molecule has 0 saturated carbocycles. The highest BCUT2D eigenvalue weighted by Crippen LogP contribution is 2.14. The molecule has 0 aromatic carbocycles. The molecule has 2 amide bonds. The van der Waals surface area contributed by atoms with Crippen LogP contribution in [-0.4, -0.2) is 59.6 Å². The Bertz CT molecular complexity index is 370. The van der Waals surface area contributed by atoms with E-state index in [0.29, 0.717) is 26.0 Å². The van der Waals surface area contributed by atoms with Gasteiger partial charge in [-0.1, -0.05) is 0 Å². The molecule has 2 unspecified atom stereocenters. The molecule has 2 aliphatic heterocycles. The summed E-state index contributed by atoms with van der Waals surface area (Å²) < 4.78 is 5.29. The molecule has 2 heterocycles. The number of nitrogens with zero attached hydrogens (tertiary/aromatic N) is 1. The topological polar surface area (TPSA) is 95.9 Å². The maximum Gasteiger partial charge on any atom is 0.306 e. The van der Waals surface area contributed by atoms with Crippen molar-refractivity contribution in [3.63, 3.8) is 0 Å². The van der Waals surface area contributed by atoms with E-state index in [1.165, 1.54) is 0 Å². The Morgan fingerprint density at radius 1 is 1.50 bits per heavy atom. The number of ether oxygens (including phenoxy) is 1. The minimum absolute atomic E-state index is 0.108. The molecule has 2 atom stereocenters. The number of morpholine rings is 1. The van der Waals surface area contributed by atoms with E-state index in [9.17, 15) is 14.4 Å². The molecule has 7 nitrogen and oxygen atoms in total. The highest BCUT2D eigenvalue weighted by Gasteiger charge is 2.33. The van der Waals surface area contributed by atoms with Crippen molar-refractivity contribution >= 4 is 17.8 Å². The number of rotatable bonds is 3. The minimum Gasteiger partial charge on any atom is -0.481 e. The van der Waals surface area contributed by atoms with E-state index in [0.717, 1.165) is 0 Å². The molecule has 2 N–H and O–H groups in total. The van der Waals surface area contributed by atoms with E-state index >= 15 is 0 Å². The van der Waals surface area contributed by atoms with E-state index < -0.39 is 18.1 Å². The number of carbonyl (C=O) groups excluding carboxylic acids is 2. The lowest BCUT2D eigenvalue weighted by Crippen LogP contribution is -2.51. The smallest absolute Gasteiger partial charge is 0.306 e. The Morgan fingerprint density at radius 2 is 2.28 bits per heavy atom. The van der Waals surface area contributed by atoms with Crippen LogP contribution >= 0.6 is 0 Å². The van der Waals surface area contributed by atoms with Gasteiger partial charge in [-0.15, -0.1) is 0 Å². The third kappa shape index (κ3) is 2.98. The Kier molecular flexibility index (Phi) is 3.81. The van der Waals surface area contributed by atoms with Crippen molar-refractivity contribution in [3.8, 4) is 0 Å². The Morgan fingerprint density at radius 3 is 2.89 bits per heavy atom. The summed E-state index contributed by atoms with van der Waals surface area (Å²) in [7, 11) is 0. The summed E-state index contributed by atoms with van der Waals surface area (Å²) in [4.78, 5) is 35.3. The second kappa shape index (κ2) is 5.34. The minimum atomic E-state index is -0.941. The van der Waals surface area contributed by atoms with Crippen LogP contribution in [-0.2, 0) is 19.1 Å². The van der Waals surface area contributed by atoms with Gasteiger partial charge < -0.3 is 20.1 Å². The van der Waals surface area contributed by atoms with Gasteiger partial charge >= 0.3 is 5.97 Å². The number of nitrogens with one attached hydrogen (secondary N) is 1. The fraction of sp³-hybridized carbons (Fsp3) is 0.727. The number of hydrogen-bond acceptors (Lipinski definition) is 4.